The molecule has 1 aromatic carbocycles. The number of hydrogen-bond acceptors (Lipinski definition) is 2. The van der Waals surface area contributed by atoms with Crippen LogP contribution in [0.3, 0.4) is 0 Å². The van der Waals surface area contributed by atoms with Crippen molar-refractivity contribution in [1.82, 2.24) is 5.32 Å². The van der Waals surface area contributed by atoms with E-state index >= 15 is 0 Å². The third-order valence-electron chi connectivity index (χ3n) is 2.63. The molecule has 1 unspecified atom stereocenters. The summed E-state index contributed by atoms with van der Waals surface area (Å²) in [5, 5.41) is 2.82. The Hall–Kier alpha value is -1.42. The molecule has 15 heavy (non-hydrogen) atoms. The van der Waals surface area contributed by atoms with Gasteiger partial charge in [-0.2, -0.15) is 0 Å². The summed E-state index contributed by atoms with van der Waals surface area (Å²) in [4.78, 5) is 11.6. The van der Waals surface area contributed by atoms with Crippen molar-refractivity contribution >= 4 is 5.91 Å². The Kier molecular flexibility index (Phi) is 2.68. The second kappa shape index (κ2) is 3.98. The largest absolute Gasteiger partial charge is 0.349 e. The van der Waals surface area contributed by atoms with Crippen LogP contribution < -0.4 is 11.1 Å². The molecule has 0 saturated heterocycles. The molecule has 0 aromatic heterocycles. The summed E-state index contributed by atoms with van der Waals surface area (Å²) in [6.45, 7) is 0.543. The second-order valence-corrected chi connectivity index (χ2v) is 3.75. The van der Waals surface area contributed by atoms with Gasteiger partial charge in [0.2, 0.25) is 0 Å². The molecule has 2 rings (SSSR count). The minimum absolute atomic E-state index is 0.0838. The van der Waals surface area contributed by atoms with Gasteiger partial charge in [0.1, 0.15) is 5.82 Å². The summed E-state index contributed by atoms with van der Waals surface area (Å²) in [5.41, 5.74) is 6.79. The Bertz CT molecular complexity index is 392. The maximum absolute atomic E-state index is 12.9. The first-order valence-electron chi connectivity index (χ1n) is 5.00. The summed E-state index contributed by atoms with van der Waals surface area (Å²) < 4.78 is 12.9. The van der Waals surface area contributed by atoms with Gasteiger partial charge in [-0.25, -0.2) is 4.39 Å². The van der Waals surface area contributed by atoms with E-state index in [9.17, 15) is 9.18 Å². The Balaban J connectivity index is 2.28. The van der Waals surface area contributed by atoms with Gasteiger partial charge in [-0.1, -0.05) is 6.07 Å². The maximum atomic E-state index is 12.9. The molecular weight excluding hydrogens is 195 g/mol. The predicted molar refractivity (Wildman–Crippen MR) is 55.0 cm³/mol. The van der Waals surface area contributed by atoms with Gasteiger partial charge >= 0.3 is 0 Å². The van der Waals surface area contributed by atoms with Crippen LogP contribution in [0.1, 0.15) is 22.3 Å². The summed E-state index contributed by atoms with van der Waals surface area (Å²) in [5.74, 6) is -0.574. The molecule has 1 aliphatic rings. The molecule has 1 amide bonds. The number of hydrogen-bond donors (Lipinski definition) is 2. The highest BCUT2D eigenvalue weighted by Gasteiger charge is 2.23. The molecule has 0 saturated carbocycles. The fraction of sp³-hybridized carbons (Fsp3) is 0.364. The lowest BCUT2D eigenvalue weighted by molar-refractivity contribution is 0.0923. The van der Waals surface area contributed by atoms with Crippen LogP contribution in [0, 0.1) is 5.82 Å². The third-order valence-corrected chi connectivity index (χ3v) is 2.63. The van der Waals surface area contributed by atoms with Gasteiger partial charge in [-0.05, 0) is 37.1 Å². The molecule has 0 spiro atoms. The smallest absolute Gasteiger partial charge is 0.251 e. The number of fused-ring (bicyclic) bond motifs is 1. The Morgan fingerprint density at radius 3 is 3.07 bits per heavy atom. The van der Waals surface area contributed by atoms with E-state index in [1.807, 2.05) is 0 Å². The minimum Gasteiger partial charge on any atom is -0.349 e. The van der Waals surface area contributed by atoms with Crippen molar-refractivity contribution in [1.29, 1.82) is 0 Å². The first-order valence-corrected chi connectivity index (χ1v) is 5.00. The highest BCUT2D eigenvalue weighted by Crippen LogP contribution is 2.18. The maximum Gasteiger partial charge on any atom is 0.251 e. The number of amides is 1. The standard InChI is InChI=1S/C11H13FN2O/c12-8-2-1-7-5-9(3-4-13)14-11(15)10(7)6-8/h1-2,6,9H,3-5,13H2,(H,14,15). The normalized spacial score (nSPS) is 19.6. The van der Waals surface area contributed by atoms with Crippen LogP contribution in [0.25, 0.3) is 0 Å². The highest BCUT2D eigenvalue weighted by atomic mass is 19.1. The Morgan fingerprint density at radius 1 is 1.53 bits per heavy atom. The van der Waals surface area contributed by atoms with E-state index in [0.29, 0.717) is 12.1 Å². The topological polar surface area (TPSA) is 55.1 Å². The van der Waals surface area contributed by atoms with Crippen LogP contribution in [0.2, 0.25) is 0 Å². The monoisotopic (exact) mass is 208 g/mol. The van der Waals surface area contributed by atoms with Gasteiger partial charge in [0, 0.05) is 11.6 Å². The minimum atomic E-state index is -0.374. The molecule has 1 heterocycles. The van der Waals surface area contributed by atoms with E-state index in [1.165, 1.54) is 12.1 Å². The molecular formula is C11H13FN2O. The molecule has 1 aromatic rings. The first kappa shape index (κ1) is 10.1. The SMILES string of the molecule is NCCC1Cc2ccc(F)cc2C(=O)N1. The summed E-state index contributed by atoms with van der Waals surface area (Å²) in [6.07, 6.45) is 1.49. The van der Waals surface area contributed by atoms with E-state index in [4.69, 9.17) is 5.73 Å². The van der Waals surface area contributed by atoms with Gasteiger partial charge in [0.25, 0.3) is 5.91 Å². The first-order chi connectivity index (χ1) is 7.20. The van der Waals surface area contributed by atoms with Gasteiger partial charge < -0.3 is 11.1 Å². The van der Waals surface area contributed by atoms with Crippen molar-refractivity contribution in [2.24, 2.45) is 5.73 Å². The lowest BCUT2D eigenvalue weighted by atomic mass is 9.93. The molecule has 1 atom stereocenters. The molecule has 3 nitrogen and oxygen atoms in total. The molecule has 0 fully saturated rings. The van der Waals surface area contributed by atoms with Crippen LogP contribution in [-0.4, -0.2) is 18.5 Å². The van der Waals surface area contributed by atoms with Crippen molar-refractivity contribution in [2.45, 2.75) is 18.9 Å². The number of benzene rings is 1. The van der Waals surface area contributed by atoms with E-state index in [0.717, 1.165) is 18.4 Å². The van der Waals surface area contributed by atoms with Crippen molar-refractivity contribution in [2.75, 3.05) is 6.54 Å². The van der Waals surface area contributed by atoms with Gasteiger partial charge in [-0.15, -0.1) is 0 Å². The Labute approximate surface area is 87.5 Å². The van der Waals surface area contributed by atoms with Crippen molar-refractivity contribution in [3.05, 3.63) is 35.1 Å². The third kappa shape index (κ3) is 1.99. The number of rotatable bonds is 2. The average Bonchev–Trinajstić information content (AvgIpc) is 2.20. The summed E-state index contributed by atoms with van der Waals surface area (Å²) >= 11 is 0. The van der Waals surface area contributed by atoms with Gasteiger partial charge in [0.15, 0.2) is 0 Å². The number of carbonyl (C=O) groups excluding carboxylic acids is 1. The van der Waals surface area contributed by atoms with Crippen LogP contribution >= 0.6 is 0 Å². The van der Waals surface area contributed by atoms with Crippen LogP contribution in [-0.2, 0) is 6.42 Å². The lowest BCUT2D eigenvalue weighted by Crippen LogP contribution is -2.42. The number of nitrogens with two attached hydrogens (primary N) is 1. The molecule has 1 aliphatic heterocycles. The molecule has 0 aliphatic carbocycles. The van der Waals surface area contributed by atoms with E-state index in [2.05, 4.69) is 5.32 Å². The van der Waals surface area contributed by atoms with Crippen LogP contribution in [0.5, 0.6) is 0 Å². The van der Waals surface area contributed by atoms with E-state index in [1.54, 1.807) is 6.07 Å². The number of halogens is 1. The van der Waals surface area contributed by atoms with Crippen molar-refractivity contribution < 1.29 is 9.18 Å². The Morgan fingerprint density at radius 2 is 2.33 bits per heavy atom. The molecule has 0 radical (unpaired) electrons. The molecule has 0 bridgehead atoms. The van der Waals surface area contributed by atoms with E-state index in [-0.39, 0.29) is 17.8 Å². The quantitative estimate of drug-likeness (QED) is 0.756. The molecule has 80 valence electrons. The fourth-order valence-electron chi connectivity index (χ4n) is 1.89. The van der Waals surface area contributed by atoms with Crippen LogP contribution in [0.4, 0.5) is 4.39 Å². The molecule has 4 heteroatoms. The van der Waals surface area contributed by atoms with E-state index < -0.39 is 0 Å². The summed E-state index contributed by atoms with van der Waals surface area (Å²) in [6, 6.07) is 4.42. The summed E-state index contributed by atoms with van der Waals surface area (Å²) in [7, 11) is 0. The average molecular weight is 208 g/mol. The van der Waals surface area contributed by atoms with Crippen LogP contribution in [0.15, 0.2) is 18.2 Å². The zero-order chi connectivity index (χ0) is 10.8. The fourth-order valence-corrected chi connectivity index (χ4v) is 1.89. The van der Waals surface area contributed by atoms with Gasteiger partial charge in [0.05, 0.1) is 0 Å². The van der Waals surface area contributed by atoms with Crippen molar-refractivity contribution in [3.63, 3.8) is 0 Å². The predicted octanol–water partition coefficient (Wildman–Crippen LogP) is 0.829. The zero-order valence-corrected chi connectivity index (χ0v) is 8.29. The number of nitrogens with one attached hydrogen (secondary N) is 1. The van der Waals surface area contributed by atoms with Gasteiger partial charge in [-0.3, -0.25) is 4.79 Å². The second-order valence-electron chi connectivity index (χ2n) is 3.75. The molecule has 3 N–H and O–H groups in total. The van der Waals surface area contributed by atoms with Crippen molar-refractivity contribution in [3.8, 4) is 0 Å². The zero-order valence-electron chi connectivity index (χ0n) is 8.29. The lowest BCUT2D eigenvalue weighted by Gasteiger charge is -2.25. The highest BCUT2D eigenvalue weighted by molar-refractivity contribution is 5.97. The number of carbonyl (C=O) groups is 1.